The number of carbonyl (C=O) groups is 1. The molecule has 1 heterocycles. The van der Waals surface area contributed by atoms with Gasteiger partial charge in [0.25, 0.3) is 0 Å². The maximum atomic E-state index is 12.2. The standard InChI is InChI=1S/C24H37IN2O9/c25-5-7-30-9-11-32-13-15-34-17-19-35-18-16-33-14-12-31-10-8-29-6-1-2-24(28)21-3-4-22-23(20-21)27-36-26-22/h3-4,20H,1-2,5-19H2. The summed E-state index contributed by atoms with van der Waals surface area (Å²) in [5, 5.41) is 7.48. The minimum Gasteiger partial charge on any atom is -0.379 e. The average molecular weight is 624 g/mol. The van der Waals surface area contributed by atoms with E-state index in [2.05, 4.69) is 37.5 Å². The van der Waals surface area contributed by atoms with Crippen LogP contribution in [0.4, 0.5) is 0 Å². The number of nitrogens with zero attached hydrogens (tertiary/aromatic N) is 2. The van der Waals surface area contributed by atoms with Crippen molar-refractivity contribution in [1.82, 2.24) is 10.3 Å². The van der Waals surface area contributed by atoms with Gasteiger partial charge in [0.05, 0.1) is 85.9 Å². The summed E-state index contributed by atoms with van der Waals surface area (Å²) < 4.78 is 43.6. The Hall–Kier alpha value is -1.26. The fourth-order valence-corrected chi connectivity index (χ4v) is 3.22. The number of rotatable bonds is 25. The quantitative estimate of drug-likeness (QED) is 0.0702. The molecule has 0 radical (unpaired) electrons. The van der Waals surface area contributed by atoms with Crippen LogP contribution in [-0.4, -0.2) is 113 Å². The van der Waals surface area contributed by atoms with E-state index in [1.54, 1.807) is 18.2 Å². The summed E-state index contributed by atoms with van der Waals surface area (Å²) in [7, 11) is 0. The second-order valence-electron chi connectivity index (χ2n) is 7.47. The Balaban J connectivity index is 1.25. The summed E-state index contributed by atoms with van der Waals surface area (Å²) >= 11 is 2.27. The number of ketones is 1. The van der Waals surface area contributed by atoms with Crippen LogP contribution in [-0.2, 0) is 33.2 Å². The van der Waals surface area contributed by atoms with Gasteiger partial charge in [-0.1, -0.05) is 22.6 Å². The number of benzene rings is 1. The summed E-state index contributed by atoms with van der Waals surface area (Å²) in [6, 6.07) is 5.15. The lowest BCUT2D eigenvalue weighted by Gasteiger charge is -2.08. The largest absolute Gasteiger partial charge is 0.379 e. The number of carbonyl (C=O) groups excluding carboxylic acids is 1. The molecule has 1 aromatic carbocycles. The van der Waals surface area contributed by atoms with E-state index in [4.69, 9.17) is 33.2 Å². The number of halogens is 1. The van der Waals surface area contributed by atoms with Crippen molar-refractivity contribution in [2.45, 2.75) is 12.8 Å². The Labute approximate surface area is 225 Å². The molecule has 0 aliphatic rings. The Bertz CT molecular complexity index is 809. The molecule has 2 aromatic rings. The van der Waals surface area contributed by atoms with Crippen molar-refractivity contribution in [1.29, 1.82) is 0 Å². The molecule has 0 aliphatic carbocycles. The molecule has 0 spiro atoms. The van der Waals surface area contributed by atoms with Gasteiger partial charge in [-0.2, -0.15) is 0 Å². The number of hydrogen-bond acceptors (Lipinski definition) is 11. The molecule has 1 aromatic heterocycles. The van der Waals surface area contributed by atoms with Gasteiger partial charge in [-0.15, -0.1) is 0 Å². The zero-order valence-corrected chi connectivity index (χ0v) is 22.9. The topological polar surface area (TPSA) is 121 Å². The fourth-order valence-electron chi connectivity index (χ4n) is 2.91. The van der Waals surface area contributed by atoms with Crippen LogP contribution in [0.15, 0.2) is 22.8 Å². The van der Waals surface area contributed by atoms with Gasteiger partial charge in [0, 0.05) is 23.0 Å². The molecule has 12 heteroatoms. The van der Waals surface area contributed by atoms with Gasteiger partial charge >= 0.3 is 0 Å². The molecule has 2 rings (SSSR count). The van der Waals surface area contributed by atoms with Crippen molar-refractivity contribution in [3.63, 3.8) is 0 Å². The Morgan fingerprint density at radius 2 is 1.08 bits per heavy atom. The Morgan fingerprint density at radius 1 is 0.639 bits per heavy atom. The van der Waals surface area contributed by atoms with Gasteiger partial charge in [0.15, 0.2) is 5.78 Å². The number of aromatic nitrogens is 2. The van der Waals surface area contributed by atoms with Crippen LogP contribution < -0.4 is 0 Å². The number of fused-ring (bicyclic) bond motifs is 1. The van der Waals surface area contributed by atoms with Crippen LogP contribution in [0, 0.1) is 0 Å². The summed E-state index contributed by atoms with van der Waals surface area (Å²) in [4.78, 5) is 12.2. The monoisotopic (exact) mass is 624 g/mol. The second-order valence-corrected chi connectivity index (χ2v) is 8.55. The molecule has 0 aliphatic heterocycles. The molecular formula is C24H37IN2O9. The SMILES string of the molecule is O=C(CCCOCCOCCOCCOCCOCCOCCOCCI)c1ccc2nonc2c1. The van der Waals surface area contributed by atoms with Crippen molar-refractivity contribution >= 4 is 39.4 Å². The molecule has 0 saturated heterocycles. The van der Waals surface area contributed by atoms with E-state index in [9.17, 15) is 4.79 Å². The first-order chi connectivity index (χ1) is 17.8. The molecule has 204 valence electrons. The molecule has 36 heavy (non-hydrogen) atoms. The minimum absolute atomic E-state index is 0.0437. The number of Topliss-reactive ketones (excluding diaryl/α,β-unsaturated/α-hetero) is 1. The highest BCUT2D eigenvalue weighted by Crippen LogP contribution is 2.13. The predicted octanol–water partition coefficient (Wildman–Crippen LogP) is 2.74. The number of hydrogen-bond donors (Lipinski definition) is 0. The van der Waals surface area contributed by atoms with Crippen LogP contribution in [0.25, 0.3) is 11.0 Å². The average Bonchev–Trinajstić information content (AvgIpc) is 3.37. The lowest BCUT2D eigenvalue weighted by molar-refractivity contribution is -0.0200. The van der Waals surface area contributed by atoms with E-state index in [-0.39, 0.29) is 5.78 Å². The Kier molecular flexibility index (Phi) is 18.7. The van der Waals surface area contributed by atoms with Crippen LogP contribution in [0.1, 0.15) is 23.2 Å². The molecule has 11 nitrogen and oxygen atoms in total. The maximum absolute atomic E-state index is 12.2. The highest BCUT2D eigenvalue weighted by atomic mass is 127. The first-order valence-electron chi connectivity index (χ1n) is 12.2. The van der Waals surface area contributed by atoms with E-state index >= 15 is 0 Å². The number of alkyl halides is 1. The second kappa shape index (κ2) is 21.8. The van der Waals surface area contributed by atoms with E-state index in [0.29, 0.717) is 115 Å². The van der Waals surface area contributed by atoms with Gasteiger partial charge in [-0.3, -0.25) is 4.79 Å². The first kappa shape index (κ1) is 31.0. The third kappa shape index (κ3) is 15.1. The zero-order valence-electron chi connectivity index (χ0n) is 20.7. The van der Waals surface area contributed by atoms with Crippen LogP contribution >= 0.6 is 22.6 Å². The summed E-state index contributed by atoms with van der Waals surface area (Å²) in [5.41, 5.74) is 1.82. The minimum atomic E-state index is 0.0437. The van der Waals surface area contributed by atoms with Gasteiger partial charge in [-0.05, 0) is 34.9 Å². The molecular weight excluding hydrogens is 587 g/mol. The smallest absolute Gasteiger partial charge is 0.163 e. The summed E-state index contributed by atoms with van der Waals surface area (Å²) in [6.45, 7) is 7.61. The summed E-state index contributed by atoms with van der Waals surface area (Å²) in [5.74, 6) is 0.0437. The van der Waals surface area contributed by atoms with Crippen molar-refractivity contribution in [3.8, 4) is 0 Å². The van der Waals surface area contributed by atoms with Crippen LogP contribution in [0.2, 0.25) is 0 Å². The summed E-state index contributed by atoms with van der Waals surface area (Å²) in [6.07, 6.45) is 1.05. The van der Waals surface area contributed by atoms with Crippen molar-refractivity contribution in [3.05, 3.63) is 23.8 Å². The van der Waals surface area contributed by atoms with E-state index in [1.165, 1.54) is 0 Å². The van der Waals surface area contributed by atoms with Crippen LogP contribution in [0.3, 0.4) is 0 Å². The van der Waals surface area contributed by atoms with Gasteiger partial charge in [-0.25, -0.2) is 4.63 Å². The lowest BCUT2D eigenvalue weighted by Crippen LogP contribution is -2.14. The van der Waals surface area contributed by atoms with Gasteiger partial charge in [0.2, 0.25) is 0 Å². The third-order valence-corrected chi connectivity index (χ3v) is 5.16. The third-order valence-electron chi connectivity index (χ3n) is 4.72. The van der Waals surface area contributed by atoms with Gasteiger partial charge in [0.1, 0.15) is 11.0 Å². The van der Waals surface area contributed by atoms with Crippen molar-refractivity contribution in [2.75, 3.05) is 96.9 Å². The predicted molar refractivity (Wildman–Crippen MR) is 140 cm³/mol. The normalized spacial score (nSPS) is 11.5. The first-order valence-corrected chi connectivity index (χ1v) is 13.7. The van der Waals surface area contributed by atoms with Crippen LogP contribution in [0.5, 0.6) is 0 Å². The highest BCUT2D eigenvalue weighted by molar-refractivity contribution is 14.1. The van der Waals surface area contributed by atoms with E-state index < -0.39 is 0 Å². The molecule has 0 atom stereocenters. The zero-order chi connectivity index (χ0) is 25.5. The molecule has 0 amide bonds. The molecule has 0 fully saturated rings. The maximum Gasteiger partial charge on any atom is 0.163 e. The molecule has 0 unspecified atom stereocenters. The molecule has 0 bridgehead atoms. The lowest BCUT2D eigenvalue weighted by atomic mass is 10.1. The Morgan fingerprint density at radius 3 is 1.58 bits per heavy atom. The highest BCUT2D eigenvalue weighted by Gasteiger charge is 2.08. The van der Waals surface area contributed by atoms with E-state index in [0.717, 1.165) is 11.0 Å². The van der Waals surface area contributed by atoms with Crippen molar-refractivity contribution < 1.29 is 42.6 Å². The fraction of sp³-hybridized carbons (Fsp3) is 0.708. The van der Waals surface area contributed by atoms with E-state index in [1.807, 2.05) is 0 Å². The number of ether oxygens (including phenoxy) is 7. The van der Waals surface area contributed by atoms with Gasteiger partial charge < -0.3 is 33.2 Å². The van der Waals surface area contributed by atoms with Crippen molar-refractivity contribution in [2.24, 2.45) is 0 Å². The molecule has 0 saturated carbocycles. The molecule has 0 N–H and O–H groups in total.